The molecule has 136 valence electrons. The van der Waals surface area contributed by atoms with E-state index in [0.717, 1.165) is 11.8 Å². The van der Waals surface area contributed by atoms with Gasteiger partial charge in [-0.15, -0.1) is 0 Å². The SMILES string of the molecule is N=Cc1cc(NC(=O)NCc2ccccc2)ncc1Nc1ccc(F)cc1. The smallest absolute Gasteiger partial charge is 0.320 e. The van der Waals surface area contributed by atoms with E-state index in [0.29, 0.717) is 29.3 Å². The number of carbonyl (C=O) groups excluding carboxylic acids is 1. The summed E-state index contributed by atoms with van der Waals surface area (Å²) in [5.41, 5.74) is 2.77. The largest absolute Gasteiger partial charge is 0.354 e. The molecule has 0 saturated heterocycles. The van der Waals surface area contributed by atoms with Crippen molar-refractivity contribution in [3.63, 3.8) is 0 Å². The Morgan fingerprint density at radius 3 is 2.56 bits per heavy atom. The zero-order chi connectivity index (χ0) is 19.1. The average Bonchev–Trinajstić information content (AvgIpc) is 2.70. The first-order chi connectivity index (χ1) is 13.1. The van der Waals surface area contributed by atoms with Crippen molar-refractivity contribution in [3.05, 3.63) is 83.8 Å². The summed E-state index contributed by atoms with van der Waals surface area (Å²) in [4.78, 5) is 16.2. The molecule has 0 atom stereocenters. The number of pyridine rings is 1. The quantitative estimate of drug-likeness (QED) is 0.493. The molecule has 0 aliphatic rings. The zero-order valence-electron chi connectivity index (χ0n) is 14.4. The van der Waals surface area contributed by atoms with Crippen LogP contribution in [-0.4, -0.2) is 17.2 Å². The van der Waals surface area contributed by atoms with E-state index >= 15 is 0 Å². The monoisotopic (exact) mass is 363 g/mol. The minimum absolute atomic E-state index is 0.323. The number of hydrogen-bond donors (Lipinski definition) is 4. The number of halogens is 1. The van der Waals surface area contributed by atoms with E-state index in [1.807, 2.05) is 30.3 Å². The molecule has 0 aliphatic carbocycles. The van der Waals surface area contributed by atoms with Gasteiger partial charge in [-0.05, 0) is 35.9 Å². The topological polar surface area (TPSA) is 89.9 Å². The molecule has 1 aromatic heterocycles. The molecule has 0 aliphatic heterocycles. The van der Waals surface area contributed by atoms with Gasteiger partial charge in [0.2, 0.25) is 0 Å². The van der Waals surface area contributed by atoms with Crippen LogP contribution in [0.25, 0.3) is 0 Å². The molecule has 3 rings (SSSR count). The number of nitrogens with one attached hydrogen (secondary N) is 4. The van der Waals surface area contributed by atoms with Crippen LogP contribution in [0, 0.1) is 11.2 Å². The Kier molecular flexibility index (Phi) is 5.73. The van der Waals surface area contributed by atoms with Crippen LogP contribution in [-0.2, 0) is 6.54 Å². The number of nitrogens with zero attached hydrogens (tertiary/aromatic N) is 1. The van der Waals surface area contributed by atoms with Crippen molar-refractivity contribution in [2.45, 2.75) is 6.54 Å². The van der Waals surface area contributed by atoms with Crippen LogP contribution in [0.1, 0.15) is 11.1 Å². The van der Waals surface area contributed by atoms with Gasteiger partial charge in [0.15, 0.2) is 0 Å². The number of benzene rings is 2. The van der Waals surface area contributed by atoms with E-state index in [-0.39, 0.29) is 11.8 Å². The van der Waals surface area contributed by atoms with Crippen molar-refractivity contribution in [1.82, 2.24) is 10.3 Å². The van der Waals surface area contributed by atoms with Crippen LogP contribution in [0.15, 0.2) is 66.9 Å². The molecule has 1 heterocycles. The van der Waals surface area contributed by atoms with Crippen LogP contribution in [0.2, 0.25) is 0 Å². The van der Waals surface area contributed by atoms with Gasteiger partial charge in [0.1, 0.15) is 11.6 Å². The zero-order valence-corrected chi connectivity index (χ0v) is 14.4. The fourth-order valence-electron chi connectivity index (χ4n) is 2.39. The first kappa shape index (κ1) is 18.1. The summed E-state index contributed by atoms with van der Waals surface area (Å²) in [7, 11) is 0. The summed E-state index contributed by atoms with van der Waals surface area (Å²) < 4.78 is 13.0. The number of aromatic nitrogens is 1. The molecule has 6 nitrogen and oxygen atoms in total. The van der Waals surface area contributed by atoms with Gasteiger partial charge in [-0.2, -0.15) is 0 Å². The fourth-order valence-corrected chi connectivity index (χ4v) is 2.39. The highest BCUT2D eigenvalue weighted by Gasteiger charge is 2.07. The number of anilines is 3. The maximum Gasteiger partial charge on any atom is 0.320 e. The highest BCUT2D eigenvalue weighted by atomic mass is 19.1. The Labute approximate surface area is 156 Å². The predicted molar refractivity (Wildman–Crippen MR) is 104 cm³/mol. The third kappa shape index (κ3) is 5.12. The summed E-state index contributed by atoms with van der Waals surface area (Å²) in [6.07, 6.45) is 2.66. The molecule has 0 radical (unpaired) electrons. The molecule has 3 aromatic rings. The molecule has 4 N–H and O–H groups in total. The van der Waals surface area contributed by atoms with E-state index in [2.05, 4.69) is 20.9 Å². The van der Waals surface area contributed by atoms with Gasteiger partial charge < -0.3 is 16.0 Å². The number of hydrogen-bond acceptors (Lipinski definition) is 4. The molecular weight excluding hydrogens is 345 g/mol. The van der Waals surface area contributed by atoms with Gasteiger partial charge in [0, 0.05) is 24.0 Å². The minimum atomic E-state index is -0.387. The van der Waals surface area contributed by atoms with E-state index in [1.165, 1.54) is 18.3 Å². The van der Waals surface area contributed by atoms with Gasteiger partial charge in [-0.3, -0.25) is 5.32 Å². The molecule has 0 bridgehead atoms. The molecule has 27 heavy (non-hydrogen) atoms. The second-order valence-corrected chi connectivity index (χ2v) is 5.73. The minimum Gasteiger partial charge on any atom is -0.354 e. The van der Waals surface area contributed by atoms with E-state index in [9.17, 15) is 9.18 Å². The van der Waals surface area contributed by atoms with Gasteiger partial charge in [0.25, 0.3) is 0 Å². The number of urea groups is 1. The number of carbonyl (C=O) groups is 1. The summed E-state index contributed by atoms with van der Waals surface area (Å²) >= 11 is 0. The van der Waals surface area contributed by atoms with Gasteiger partial charge in [-0.25, -0.2) is 14.2 Å². The Balaban J connectivity index is 1.63. The van der Waals surface area contributed by atoms with E-state index in [4.69, 9.17) is 5.41 Å². The molecule has 0 fully saturated rings. The highest BCUT2D eigenvalue weighted by Crippen LogP contribution is 2.21. The lowest BCUT2D eigenvalue weighted by Crippen LogP contribution is -2.28. The van der Waals surface area contributed by atoms with Gasteiger partial charge in [0.05, 0.1) is 11.9 Å². The van der Waals surface area contributed by atoms with Crippen LogP contribution in [0.4, 0.5) is 26.4 Å². The van der Waals surface area contributed by atoms with Crippen LogP contribution >= 0.6 is 0 Å². The molecule has 0 unspecified atom stereocenters. The van der Waals surface area contributed by atoms with Crippen molar-refractivity contribution in [2.75, 3.05) is 10.6 Å². The van der Waals surface area contributed by atoms with Crippen molar-refractivity contribution in [1.29, 1.82) is 5.41 Å². The standard InChI is InChI=1S/C20H18FN5O/c21-16-6-8-17(9-7-16)25-18-13-23-19(10-15(18)11-22)26-20(27)24-12-14-4-2-1-3-5-14/h1-11,13,22,25H,12H2,(H2,23,24,26,27). The molecule has 2 aromatic carbocycles. The Hall–Kier alpha value is -3.74. The molecule has 0 saturated carbocycles. The predicted octanol–water partition coefficient (Wildman–Crippen LogP) is 4.28. The highest BCUT2D eigenvalue weighted by molar-refractivity contribution is 5.92. The molecule has 7 heteroatoms. The Morgan fingerprint density at radius 2 is 1.85 bits per heavy atom. The fraction of sp³-hybridized carbons (Fsp3) is 0.0500. The molecule has 2 amide bonds. The van der Waals surface area contributed by atoms with E-state index in [1.54, 1.807) is 18.2 Å². The van der Waals surface area contributed by atoms with Crippen molar-refractivity contribution < 1.29 is 9.18 Å². The van der Waals surface area contributed by atoms with Gasteiger partial charge >= 0.3 is 6.03 Å². The maximum absolute atomic E-state index is 13.0. The van der Waals surface area contributed by atoms with E-state index < -0.39 is 0 Å². The third-order valence-corrected chi connectivity index (χ3v) is 3.75. The first-order valence-corrected chi connectivity index (χ1v) is 8.26. The first-order valence-electron chi connectivity index (χ1n) is 8.26. The summed E-state index contributed by atoms with van der Waals surface area (Å²) in [6.45, 7) is 0.397. The average molecular weight is 363 g/mol. The third-order valence-electron chi connectivity index (χ3n) is 3.75. The maximum atomic E-state index is 13.0. The van der Waals surface area contributed by atoms with Crippen molar-refractivity contribution in [3.8, 4) is 0 Å². The number of rotatable bonds is 6. The lowest BCUT2D eigenvalue weighted by atomic mass is 10.2. The molecule has 0 spiro atoms. The number of amides is 2. The van der Waals surface area contributed by atoms with Gasteiger partial charge in [-0.1, -0.05) is 30.3 Å². The summed E-state index contributed by atoms with van der Waals surface area (Å²) in [6, 6.07) is 16.6. The Bertz CT molecular complexity index is 929. The lowest BCUT2D eigenvalue weighted by molar-refractivity contribution is 0.251. The summed E-state index contributed by atoms with van der Waals surface area (Å²) in [5, 5.41) is 16.0. The second-order valence-electron chi connectivity index (χ2n) is 5.73. The lowest BCUT2D eigenvalue weighted by Gasteiger charge is -2.12. The van der Waals surface area contributed by atoms with Crippen molar-refractivity contribution in [2.24, 2.45) is 0 Å². The normalized spacial score (nSPS) is 10.1. The second kappa shape index (κ2) is 8.57. The summed E-state index contributed by atoms with van der Waals surface area (Å²) in [5.74, 6) is -0.00395. The van der Waals surface area contributed by atoms with Crippen molar-refractivity contribution >= 4 is 29.4 Å². The van der Waals surface area contributed by atoms with Crippen LogP contribution in [0.3, 0.4) is 0 Å². The molecular formula is C20H18FN5O. The van der Waals surface area contributed by atoms with Crippen LogP contribution < -0.4 is 16.0 Å². The van der Waals surface area contributed by atoms with Crippen LogP contribution in [0.5, 0.6) is 0 Å². The Morgan fingerprint density at radius 1 is 1.11 bits per heavy atom.